The lowest BCUT2D eigenvalue weighted by molar-refractivity contribution is 0.0949. The van der Waals surface area contributed by atoms with Crippen LogP contribution in [0.5, 0.6) is 0 Å². The van der Waals surface area contributed by atoms with Gasteiger partial charge < -0.3 is 15.3 Å². The van der Waals surface area contributed by atoms with Crippen molar-refractivity contribution < 1.29 is 9.90 Å². The molecule has 1 amide bonds. The molecule has 1 aromatic heterocycles. The molecular formula is C21H27ClN2O2S. The van der Waals surface area contributed by atoms with E-state index in [1.54, 1.807) is 11.3 Å². The Kier molecular flexibility index (Phi) is 8.05. The molecule has 0 fully saturated rings. The summed E-state index contributed by atoms with van der Waals surface area (Å²) in [5.41, 5.74) is 5.09. The number of rotatable bonds is 6. The smallest absolute Gasteiger partial charge is 0.261 e. The quantitative estimate of drug-likeness (QED) is 0.773. The van der Waals surface area contributed by atoms with Crippen LogP contribution in [0, 0.1) is 0 Å². The fourth-order valence-corrected chi connectivity index (χ4v) is 4.38. The molecule has 146 valence electrons. The molecule has 3 rings (SSSR count). The molecule has 0 saturated carbocycles. The van der Waals surface area contributed by atoms with Crippen LogP contribution in [0.1, 0.15) is 37.7 Å². The fourth-order valence-electron chi connectivity index (χ4n) is 3.29. The summed E-state index contributed by atoms with van der Waals surface area (Å²) < 4.78 is 0. The van der Waals surface area contributed by atoms with Gasteiger partial charge in [0.15, 0.2) is 0 Å². The van der Waals surface area contributed by atoms with Crippen LogP contribution in [-0.2, 0) is 12.8 Å². The van der Waals surface area contributed by atoms with Crippen LogP contribution >= 0.6 is 23.7 Å². The summed E-state index contributed by atoms with van der Waals surface area (Å²) in [7, 11) is 4.17. The van der Waals surface area contributed by atoms with Gasteiger partial charge in [-0.2, -0.15) is 0 Å². The van der Waals surface area contributed by atoms with E-state index < -0.39 is 0 Å². The number of aliphatic hydroxyl groups is 1. The molecular weight excluding hydrogens is 380 g/mol. The second kappa shape index (κ2) is 10.0. The van der Waals surface area contributed by atoms with E-state index in [9.17, 15) is 4.79 Å². The Morgan fingerprint density at radius 1 is 1.26 bits per heavy atom. The average molecular weight is 407 g/mol. The zero-order valence-corrected chi connectivity index (χ0v) is 17.5. The lowest BCUT2D eigenvalue weighted by Crippen LogP contribution is -2.25. The van der Waals surface area contributed by atoms with E-state index in [0.717, 1.165) is 30.7 Å². The molecule has 1 aliphatic rings. The Labute approximate surface area is 171 Å². The molecule has 0 bridgehead atoms. The summed E-state index contributed by atoms with van der Waals surface area (Å²) in [6.45, 7) is 1.24. The standard InChI is InChI=1S/C21H26N2O2S.ClH/c1-23(2)12-5-8-17-16-7-4-3-6-15(16)9-10-19-18(17)14-20(26-19)21(25)22-11-13-24;/h3-4,6-8,14,24H,5,9-13H2,1-2H3,(H,22,25);1H/b17-8+;. The molecule has 4 nitrogen and oxygen atoms in total. The van der Waals surface area contributed by atoms with Crippen LogP contribution in [0.15, 0.2) is 36.4 Å². The van der Waals surface area contributed by atoms with Crippen LogP contribution in [0.4, 0.5) is 0 Å². The Morgan fingerprint density at radius 2 is 2.04 bits per heavy atom. The van der Waals surface area contributed by atoms with Crippen molar-refractivity contribution in [2.45, 2.75) is 19.3 Å². The highest BCUT2D eigenvalue weighted by Gasteiger charge is 2.22. The summed E-state index contributed by atoms with van der Waals surface area (Å²) in [6, 6.07) is 10.6. The number of fused-ring (bicyclic) bond motifs is 2. The van der Waals surface area contributed by atoms with Crippen molar-refractivity contribution in [3.05, 3.63) is 62.9 Å². The number of carbonyl (C=O) groups is 1. The zero-order valence-electron chi connectivity index (χ0n) is 15.8. The van der Waals surface area contributed by atoms with E-state index >= 15 is 0 Å². The molecule has 0 radical (unpaired) electrons. The van der Waals surface area contributed by atoms with Gasteiger partial charge in [-0.15, -0.1) is 23.7 Å². The van der Waals surface area contributed by atoms with Crippen molar-refractivity contribution in [3.8, 4) is 0 Å². The van der Waals surface area contributed by atoms with E-state index in [1.165, 1.54) is 27.1 Å². The molecule has 0 aliphatic heterocycles. The van der Waals surface area contributed by atoms with Crippen molar-refractivity contribution in [1.29, 1.82) is 0 Å². The minimum Gasteiger partial charge on any atom is -0.395 e. The number of hydrogen-bond donors (Lipinski definition) is 2. The minimum atomic E-state index is -0.0990. The molecule has 2 aromatic rings. The van der Waals surface area contributed by atoms with Crippen molar-refractivity contribution in [1.82, 2.24) is 10.2 Å². The Balaban J connectivity index is 0.00000261. The molecule has 27 heavy (non-hydrogen) atoms. The van der Waals surface area contributed by atoms with Crippen LogP contribution in [-0.4, -0.2) is 49.7 Å². The Hall–Kier alpha value is -1.66. The summed E-state index contributed by atoms with van der Waals surface area (Å²) in [5.74, 6) is -0.0990. The van der Waals surface area contributed by atoms with Gasteiger partial charge in [0.05, 0.1) is 11.5 Å². The second-order valence-electron chi connectivity index (χ2n) is 6.79. The predicted molar refractivity (Wildman–Crippen MR) is 115 cm³/mol. The first-order valence-corrected chi connectivity index (χ1v) is 9.87. The molecule has 6 heteroatoms. The van der Waals surface area contributed by atoms with E-state index in [1.807, 2.05) is 6.07 Å². The number of aryl methyl sites for hydroxylation is 2. The first-order valence-electron chi connectivity index (χ1n) is 9.05. The summed E-state index contributed by atoms with van der Waals surface area (Å²) in [4.78, 5) is 16.5. The highest BCUT2D eigenvalue weighted by Crippen LogP contribution is 2.38. The summed E-state index contributed by atoms with van der Waals surface area (Å²) in [6.07, 6.45) is 5.23. The number of hydrogen-bond acceptors (Lipinski definition) is 4. The van der Waals surface area contributed by atoms with Gasteiger partial charge in [-0.25, -0.2) is 0 Å². The number of amides is 1. The Bertz CT molecular complexity index is 814. The van der Waals surface area contributed by atoms with Crippen molar-refractivity contribution in [2.24, 2.45) is 0 Å². The van der Waals surface area contributed by atoms with Crippen molar-refractivity contribution >= 4 is 35.2 Å². The largest absolute Gasteiger partial charge is 0.395 e. The number of benzene rings is 1. The normalized spacial score (nSPS) is 14.3. The van der Waals surface area contributed by atoms with Crippen LogP contribution in [0.25, 0.3) is 5.57 Å². The molecule has 2 N–H and O–H groups in total. The zero-order chi connectivity index (χ0) is 18.5. The summed E-state index contributed by atoms with van der Waals surface area (Å²) in [5, 5.41) is 11.7. The summed E-state index contributed by atoms with van der Waals surface area (Å²) >= 11 is 1.58. The first-order chi connectivity index (χ1) is 12.6. The fraction of sp³-hybridized carbons (Fsp3) is 0.381. The van der Waals surface area contributed by atoms with Gasteiger partial charge in [0.1, 0.15) is 0 Å². The predicted octanol–water partition coefficient (Wildman–Crippen LogP) is 3.37. The van der Waals surface area contributed by atoms with Gasteiger partial charge in [-0.05, 0) is 61.7 Å². The average Bonchev–Trinajstić information content (AvgIpc) is 3.00. The lowest BCUT2D eigenvalue weighted by Gasteiger charge is -2.12. The van der Waals surface area contributed by atoms with Crippen molar-refractivity contribution in [2.75, 3.05) is 33.8 Å². The number of halogens is 1. The highest BCUT2D eigenvalue weighted by atomic mass is 35.5. The van der Waals surface area contributed by atoms with Gasteiger partial charge in [-0.3, -0.25) is 4.79 Å². The number of aliphatic hydroxyl groups excluding tert-OH is 1. The molecule has 0 unspecified atom stereocenters. The van der Waals surface area contributed by atoms with Crippen LogP contribution in [0.2, 0.25) is 0 Å². The number of thiophene rings is 1. The van der Waals surface area contributed by atoms with Crippen LogP contribution in [0.3, 0.4) is 0 Å². The second-order valence-corrected chi connectivity index (χ2v) is 7.93. The van der Waals surface area contributed by atoms with Gasteiger partial charge in [0, 0.05) is 18.0 Å². The van der Waals surface area contributed by atoms with Crippen molar-refractivity contribution in [3.63, 3.8) is 0 Å². The molecule has 0 saturated heterocycles. The van der Waals surface area contributed by atoms with Gasteiger partial charge in [0.2, 0.25) is 0 Å². The maximum Gasteiger partial charge on any atom is 0.261 e. The molecule has 1 heterocycles. The molecule has 1 aliphatic carbocycles. The van der Waals surface area contributed by atoms with Gasteiger partial charge >= 0.3 is 0 Å². The molecule has 0 atom stereocenters. The maximum atomic E-state index is 12.3. The Morgan fingerprint density at radius 3 is 2.78 bits per heavy atom. The number of nitrogens with one attached hydrogen (secondary N) is 1. The molecule has 1 aromatic carbocycles. The third kappa shape index (κ3) is 5.20. The third-order valence-corrected chi connectivity index (χ3v) is 5.77. The third-order valence-electron chi connectivity index (χ3n) is 4.57. The minimum absolute atomic E-state index is 0. The SMILES string of the molecule is CN(C)CC/C=C1\c2ccccc2CCc2sc(C(=O)NCCO)cc21.Cl. The number of nitrogens with zero attached hydrogens (tertiary/aromatic N) is 1. The molecule has 0 spiro atoms. The van der Waals surface area contributed by atoms with Gasteiger partial charge in [-0.1, -0.05) is 30.3 Å². The van der Waals surface area contributed by atoms with E-state index in [-0.39, 0.29) is 31.5 Å². The van der Waals surface area contributed by atoms with E-state index in [0.29, 0.717) is 0 Å². The number of carbonyl (C=O) groups excluding carboxylic acids is 1. The van der Waals surface area contributed by atoms with E-state index in [2.05, 4.69) is 54.7 Å². The first kappa shape index (κ1) is 21.6. The maximum absolute atomic E-state index is 12.3. The topological polar surface area (TPSA) is 52.6 Å². The monoisotopic (exact) mass is 406 g/mol. The van der Waals surface area contributed by atoms with Gasteiger partial charge in [0.25, 0.3) is 5.91 Å². The van der Waals surface area contributed by atoms with E-state index in [4.69, 9.17) is 5.11 Å². The highest BCUT2D eigenvalue weighted by molar-refractivity contribution is 7.14. The van der Waals surface area contributed by atoms with Crippen LogP contribution < -0.4 is 5.32 Å². The lowest BCUT2D eigenvalue weighted by atomic mass is 9.95.